The van der Waals surface area contributed by atoms with E-state index >= 15 is 0 Å². The molecule has 3 aromatic rings. The van der Waals surface area contributed by atoms with Crippen molar-refractivity contribution in [3.8, 4) is 11.5 Å². The summed E-state index contributed by atoms with van der Waals surface area (Å²) >= 11 is 0. The molecule has 2 N–H and O–H groups in total. The molecule has 4 heterocycles. The zero-order chi connectivity index (χ0) is 31.3. The third-order valence-corrected chi connectivity index (χ3v) is 7.61. The highest BCUT2D eigenvalue weighted by atomic mass is 16.6. The highest BCUT2D eigenvalue weighted by Crippen LogP contribution is 2.40. The number of rotatable bonds is 10. The van der Waals surface area contributed by atoms with Crippen LogP contribution in [0.1, 0.15) is 45.6 Å². The topological polar surface area (TPSA) is 135 Å². The standard InChI is InChI=1S/C33H39N7O4/c1-6-25(11-13-35-19-34)43-27-9-8-24(15-21(27)2)38-31-30-26(36-20-37-31)16-28-32(39-30)40-14-12-22(23(17-40)18-42-28)7-10-29(41)44-33(3,4)5/h6,8-9,11,13,15-16,19-20,22-23,34H,1,7,10,12,14,17-18H2,2-5H3,(H,36,37,38)/b25-11+,34-19?,35-13?/t22?,23-/m1/s1. The van der Waals surface area contributed by atoms with E-state index in [1.165, 1.54) is 12.5 Å². The van der Waals surface area contributed by atoms with E-state index in [9.17, 15) is 4.79 Å². The Balaban J connectivity index is 1.31. The third kappa shape index (κ3) is 7.39. The Bertz CT molecular complexity index is 1610. The number of nitrogens with zero attached hydrogens (tertiary/aromatic N) is 5. The molecule has 230 valence electrons. The number of benzene rings is 1. The second-order valence-electron chi connectivity index (χ2n) is 12.0. The summed E-state index contributed by atoms with van der Waals surface area (Å²) in [4.78, 5) is 32.4. The van der Waals surface area contributed by atoms with E-state index in [1.54, 1.807) is 12.2 Å². The Morgan fingerprint density at radius 3 is 2.89 bits per heavy atom. The molecule has 11 heteroatoms. The maximum Gasteiger partial charge on any atom is 0.306 e. The predicted molar refractivity (Wildman–Crippen MR) is 172 cm³/mol. The number of anilines is 3. The SMILES string of the molecule is C=C/C(=C\C=NC=N)Oc1ccc(Nc2ncnc3cc4c(nc23)N2CCC(CCC(=O)OC(C)(C)C)[C@@H](CO4)C2)cc1C. The van der Waals surface area contributed by atoms with Crippen molar-refractivity contribution < 1.29 is 19.0 Å². The number of hydrogen-bond donors (Lipinski definition) is 2. The van der Waals surface area contributed by atoms with Gasteiger partial charge < -0.3 is 24.4 Å². The van der Waals surface area contributed by atoms with Crippen LogP contribution in [0.3, 0.4) is 0 Å². The van der Waals surface area contributed by atoms with Crippen molar-refractivity contribution in [1.29, 1.82) is 5.41 Å². The number of esters is 1. The number of hydrogen-bond acceptors (Lipinski definition) is 10. The lowest BCUT2D eigenvalue weighted by Crippen LogP contribution is -2.41. The van der Waals surface area contributed by atoms with Gasteiger partial charge in [0, 0.05) is 43.4 Å². The predicted octanol–water partition coefficient (Wildman–Crippen LogP) is 6.16. The van der Waals surface area contributed by atoms with Gasteiger partial charge in [-0.05, 0) is 82.4 Å². The zero-order valence-electron chi connectivity index (χ0n) is 25.7. The molecule has 11 nitrogen and oxygen atoms in total. The molecule has 2 aliphatic rings. The maximum atomic E-state index is 12.3. The van der Waals surface area contributed by atoms with Crippen LogP contribution in [-0.2, 0) is 9.53 Å². The molecule has 0 saturated carbocycles. The fourth-order valence-electron chi connectivity index (χ4n) is 5.53. The monoisotopic (exact) mass is 597 g/mol. The van der Waals surface area contributed by atoms with E-state index in [0.717, 1.165) is 49.3 Å². The number of carbonyl (C=O) groups is 1. The van der Waals surface area contributed by atoms with Gasteiger partial charge >= 0.3 is 5.97 Å². The molecule has 0 amide bonds. The lowest BCUT2D eigenvalue weighted by molar-refractivity contribution is -0.155. The second-order valence-corrected chi connectivity index (χ2v) is 12.0. The normalized spacial score (nSPS) is 18.3. The Kier molecular flexibility index (Phi) is 9.22. The van der Waals surface area contributed by atoms with Crippen molar-refractivity contribution in [1.82, 2.24) is 15.0 Å². The van der Waals surface area contributed by atoms with Crippen LogP contribution in [0.15, 0.2) is 60.1 Å². The number of ether oxygens (including phenoxy) is 3. The Morgan fingerprint density at radius 2 is 2.14 bits per heavy atom. The van der Waals surface area contributed by atoms with Crippen LogP contribution in [0.2, 0.25) is 0 Å². The molecule has 5 rings (SSSR count). The van der Waals surface area contributed by atoms with Crippen molar-refractivity contribution >= 4 is 46.9 Å². The van der Waals surface area contributed by atoms with Crippen LogP contribution < -0.4 is 19.7 Å². The number of pyridine rings is 1. The van der Waals surface area contributed by atoms with Gasteiger partial charge in [0.05, 0.1) is 12.1 Å². The lowest BCUT2D eigenvalue weighted by atomic mass is 9.83. The van der Waals surface area contributed by atoms with Gasteiger partial charge in [0.2, 0.25) is 0 Å². The summed E-state index contributed by atoms with van der Waals surface area (Å²) in [6, 6.07) is 7.68. The van der Waals surface area contributed by atoms with Gasteiger partial charge in [-0.1, -0.05) is 6.58 Å². The fourth-order valence-corrected chi connectivity index (χ4v) is 5.53. The molecule has 2 aliphatic heterocycles. The number of aromatic nitrogens is 3. The summed E-state index contributed by atoms with van der Waals surface area (Å²) in [6.07, 6.45) is 9.33. The first-order valence-corrected chi connectivity index (χ1v) is 14.8. The summed E-state index contributed by atoms with van der Waals surface area (Å²) in [6.45, 7) is 13.6. The smallest absolute Gasteiger partial charge is 0.306 e. The first-order chi connectivity index (χ1) is 21.1. The molecule has 1 aromatic carbocycles. The fraction of sp³-hybridized carbons (Fsp3) is 0.394. The van der Waals surface area contributed by atoms with E-state index in [-0.39, 0.29) is 11.9 Å². The average molecular weight is 598 g/mol. The van der Waals surface area contributed by atoms with Crippen LogP contribution in [0, 0.1) is 24.2 Å². The number of carbonyl (C=O) groups excluding carboxylic acids is 1. The summed E-state index contributed by atoms with van der Waals surface area (Å²) in [5.74, 6) is 3.80. The number of aryl methyl sites for hydroxylation is 1. The van der Waals surface area contributed by atoms with Gasteiger partial charge in [0.25, 0.3) is 0 Å². The Labute approximate surface area is 257 Å². The Morgan fingerprint density at radius 1 is 1.30 bits per heavy atom. The Hall–Kier alpha value is -4.80. The molecule has 2 atom stereocenters. The highest BCUT2D eigenvalue weighted by molar-refractivity contribution is 5.90. The lowest BCUT2D eigenvalue weighted by Gasteiger charge is -2.36. The van der Waals surface area contributed by atoms with Crippen molar-refractivity contribution in [3.05, 3.63) is 60.6 Å². The average Bonchev–Trinajstić information content (AvgIpc) is 3.12. The molecular formula is C33H39N7O4. The molecule has 0 spiro atoms. The molecular weight excluding hydrogens is 558 g/mol. The van der Waals surface area contributed by atoms with Crippen molar-refractivity contribution in [2.45, 2.75) is 52.6 Å². The number of piperidine rings is 1. The van der Waals surface area contributed by atoms with Gasteiger partial charge in [-0.25, -0.2) is 19.9 Å². The number of nitrogens with one attached hydrogen (secondary N) is 2. The molecule has 2 bridgehead atoms. The third-order valence-electron chi connectivity index (χ3n) is 7.61. The maximum absolute atomic E-state index is 12.3. The largest absolute Gasteiger partial charge is 0.489 e. The van der Waals surface area contributed by atoms with E-state index < -0.39 is 5.60 Å². The zero-order valence-corrected chi connectivity index (χ0v) is 25.7. The molecule has 1 unspecified atom stereocenters. The molecule has 2 aromatic heterocycles. The minimum atomic E-state index is -0.473. The molecule has 1 saturated heterocycles. The van der Waals surface area contributed by atoms with E-state index in [2.05, 4.69) is 31.8 Å². The summed E-state index contributed by atoms with van der Waals surface area (Å²) in [5, 5.41) is 10.4. The first kappa shape index (κ1) is 30.7. The number of allylic oxidation sites excluding steroid dienone is 2. The molecule has 0 aliphatic carbocycles. The second kappa shape index (κ2) is 13.2. The van der Waals surface area contributed by atoms with Crippen LogP contribution in [-0.4, -0.2) is 58.8 Å². The van der Waals surface area contributed by atoms with E-state index in [0.29, 0.717) is 53.1 Å². The van der Waals surface area contributed by atoms with Gasteiger partial charge in [0.1, 0.15) is 35.3 Å². The molecule has 0 radical (unpaired) electrons. The van der Waals surface area contributed by atoms with Crippen LogP contribution in [0.5, 0.6) is 11.5 Å². The van der Waals surface area contributed by atoms with Crippen molar-refractivity contribution in [2.75, 3.05) is 29.9 Å². The number of fused-ring (bicyclic) bond motifs is 5. The highest BCUT2D eigenvalue weighted by Gasteiger charge is 2.35. The van der Waals surface area contributed by atoms with Crippen LogP contribution >= 0.6 is 0 Å². The van der Waals surface area contributed by atoms with Crippen LogP contribution in [0.4, 0.5) is 17.3 Å². The van der Waals surface area contributed by atoms with Gasteiger partial charge in [-0.15, -0.1) is 0 Å². The van der Waals surface area contributed by atoms with Crippen molar-refractivity contribution in [3.63, 3.8) is 0 Å². The van der Waals surface area contributed by atoms with Crippen molar-refractivity contribution in [2.24, 2.45) is 16.8 Å². The van der Waals surface area contributed by atoms with Gasteiger partial charge in [-0.2, -0.15) is 0 Å². The summed E-state index contributed by atoms with van der Waals surface area (Å²) < 4.78 is 17.8. The molecule has 44 heavy (non-hydrogen) atoms. The van der Waals surface area contributed by atoms with E-state index in [1.807, 2.05) is 52.0 Å². The minimum absolute atomic E-state index is 0.148. The summed E-state index contributed by atoms with van der Waals surface area (Å²) in [5.41, 5.74) is 2.59. The first-order valence-electron chi connectivity index (χ1n) is 14.8. The van der Waals surface area contributed by atoms with Gasteiger partial charge in [0.15, 0.2) is 17.4 Å². The van der Waals surface area contributed by atoms with E-state index in [4.69, 9.17) is 24.6 Å². The molecule has 1 fully saturated rings. The number of aliphatic imine (C=N–C) groups is 1. The quantitative estimate of drug-likeness (QED) is 0.0926. The van der Waals surface area contributed by atoms with Crippen LogP contribution in [0.25, 0.3) is 11.0 Å². The minimum Gasteiger partial charge on any atom is -0.489 e. The summed E-state index contributed by atoms with van der Waals surface area (Å²) in [7, 11) is 0. The van der Waals surface area contributed by atoms with Gasteiger partial charge in [-0.3, -0.25) is 10.2 Å².